The molecule has 0 amide bonds. The van der Waals surface area contributed by atoms with Crippen LogP contribution in [0.5, 0.6) is 0 Å². The van der Waals surface area contributed by atoms with Gasteiger partial charge in [-0.3, -0.25) is 4.99 Å². The molecule has 5 nitrogen and oxygen atoms in total. The average Bonchev–Trinajstić information content (AvgIpc) is 3.06. The smallest absolute Gasteiger partial charge is 0.191 e. The molecule has 0 spiro atoms. The number of aliphatic imine (C=N–C) groups is 1. The van der Waals surface area contributed by atoms with E-state index in [-0.39, 0.29) is 0 Å². The molecular formula is C15H21N5S. The van der Waals surface area contributed by atoms with Crippen LogP contribution < -0.4 is 10.6 Å². The largest absolute Gasteiger partial charge is 0.356 e. The van der Waals surface area contributed by atoms with E-state index in [2.05, 4.69) is 51.2 Å². The second-order valence-corrected chi connectivity index (χ2v) is 5.45. The summed E-state index contributed by atoms with van der Waals surface area (Å²) < 4.78 is 1.85. The van der Waals surface area contributed by atoms with Gasteiger partial charge < -0.3 is 10.6 Å². The normalized spacial score (nSPS) is 11.4. The first kappa shape index (κ1) is 15.4. The minimum Gasteiger partial charge on any atom is -0.356 e. The third kappa shape index (κ3) is 4.82. The molecule has 21 heavy (non-hydrogen) atoms. The van der Waals surface area contributed by atoms with Gasteiger partial charge in [-0.15, -0.1) is 0 Å². The van der Waals surface area contributed by atoms with Crippen molar-refractivity contribution in [3.05, 3.63) is 48.3 Å². The first-order valence-electron chi connectivity index (χ1n) is 6.86. The molecule has 6 heteroatoms. The number of guanidine groups is 1. The Hall–Kier alpha value is -1.95. The Morgan fingerprint density at radius 3 is 2.71 bits per heavy atom. The predicted molar refractivity (Wildman–Crippen MR) is 90.1 cm³/mol. The molecule has 0 saturated carbocycles. The van der Waals surface area contributed by atoms with Gasteiger partial charge in [0.05, 0.1) is 5.69 Å². The lowest BCUT2D eigenvalue weighted by atomic mass is 10.2. The second kappa shape index (κ2) is 8.36. The third-order valence-corrected chi connectivity index (χ3v) is 3.60. The van der Waals surface area contributed by atoms with Crippen LogP contribution in [0.2, 0.25) is 0 Å². The van der Waals surface area contributed by atoms with Gasteiger partial charge in [0.1, 0.15) is 0 Å². The van der Waals surface area contributed by atoms with Crippen LogP contribution in [0.15, 0.2) is 47.7 Å². The van der Waals surface area contributed by atoms with E-state index in [1.54, 1.807) is 13.2 Å². The highest BCUT2D eigenvalue weighted by Gasteiger charge is 1.99. The second-order valence-electron chi connectivity index (χ2n) is 4.46. The molecule has 0 aliphatic carbocycles. The fourth-order valence-corrected chi connectivity index (χ4v) is 2.17. The van der Waals surface area contributed by atoms with Crippen molar-refractivity contribution in [1.29, 1.82) is 0 Å². The van der Waals surface area contributed by atoms with E-state index in [0.29, 0.717) is 0 Å². The number of benzene rings is 1. The maximum absolute atomic E-state index is 4.22. The van der Waals surface area contributed by atoms with Crippen molar-refractivity contribution in [3.63, 3.8) is 0 Å². The molecule has 0 radical (unpaired) electrons. The van der Waals surface area contributed by atoms with Crippen LogP contribution in [-0.2, 0) is 6.54 Å². The number of rotatable bonds is 6. The van der Waals surface area contributed by atoms with Crippen LogP contribution in [0.4, 0.5) is 0 Å². The van der Waals surface area contributed by atoms with Crippen molar-refractivity contribution in [2.24, 2.45) is 4.99 Å². The first-order valence-corrected chi connectivity index (χ1v) is 8.25. The minimum absolute atomic E-state index is 0.748. The molecule has 0 atom stereocenters. The molecule has 2 rings (SSSR count). The number of nitrogens with zero attached hydrogens (tertiary/aromatic N) is 3. The molecule has 1 heterocycles. The molecule has 1 aromatic heterocycles. The van der Waals surface area contributed by atoms with Crippen LogP contribution in [-0.4, -0.2) is 41.3 Å². The Morgan fingerprint density at radius 1 is 1.29 bits per heavy atom. The monoisotopic (exact) mass is 303 g/mol. The Bertz CT molecular complexity index is 548. The first-order chi connectivity index (χ1) is 10.3. The number of nitrogens with one attached hydrogen (secondary N) is 2. The van der Waals surface area contributed by atoms with Gasteiger partial charge in [0.15, 0.2) is 5.96 Å². The summed E-state index contributed by atoms with van der Waals surface area (Å²) in [4.78, 5) is 4.20. The lowest BCUT2D eigenvalue weighted by molar-refractivity contribution is 0.830. The average molecular weight is 303 g/mol. The minimum atomic E-state index is 0.748. The van der Waals surface area contributed by atoms with Gasteiger partial charge in [0.25, 0.3) is 0 Å². The van der Waals surface area contributed by atoms with Gasteiger partial charge in [-0.2, -0.15) is 16.9 Å². The van der Waals surface area contributed by atoms with Crippen molar-refractivity contribution in [2.45, 2.75) is 6.54 Å². The molecule has 0 fully saturated rings. The van der Waals surface area contributed by atoms with E-state index in [4.69, 9.17) is 0 Å². The molecule has 2 aromatic rings. The Labute approximate surface area is 129 Å². The zero-order valence-corrected chi connectivity index (χ0v) is 13.2. The summed E-state index contributed by atoms with van der Waals surface area (Å²) in [7, 11) is 1.79. The Morgan fingerprint density at radius 2 is 2.10 bits per heavy atom. The molecule has 1 aromatic carbocycles. The van der Waals surface area contributed by atoms with E-state index >= 15 is 0 Å². The van der Waals surface area contributed by atoms with E-state index in [1.807, 2.05) is 28.7 Å². The highest BCUT2D eigenvalue weighted by atomic mass is 32.2. The number of hydrogen-bond donors (Lipinski definition) is 2. The van der Waals surface area contributed by atoms with E-state index in [9.17, 15) is 0 Å². The van der Waals surface area contributed by atoms with Crippen LogP contribution >= 0.6 is 11.8 Å². The quantitative estimate of drug-likeness (QED) is 0.486. The maximum Gasteiger partial charge on any atom is 0.191 e. The third-order valence-electron chi connectivity index (χ3n) is 2.99. The SMILES string of the molecule is CN=C(NCCSC)NCc1ccc(-n2cccn2)cc1. The standard InChI is InChI=1S/C15H21N5S/c1-16-15(17-9-11-21-2)18-12-13-4-6-14(7-5-13)20-10-3-8-19-20/h3-8,10H,9,11-12H2,1-2H3,(H2,16,17,18). The van der Waals surface area contributed by atoms with Gasteiger partial charge in [-0.1, -0.05) is 12.1 Å². The van der Waals surface area contributed by atoms with Gasteiger partial charge in [0.2, 0.25) is 0 Å². The molecule has 0 aliphatic rings. The molecular weight excluding hydrogens is 282 g/mol. The fourth-order valence-electron chi connectivity index (χ4n) is 1.87. The maximum atomic E-state index is 4.22. The summed E-state index contributed by atoms with van der Waals surface area (Å²) in [6, 6.07) is 10.2. The topological polar surface area (TPSA) is 54.2 Å². The number of hydrogen-bond acceptors (Lipinski definition) is 3. The van der Waals surface area contributed by atoms with Crippen LogP contribution in [0.25, 0.3) is 5.69 Å². The number of thioether (sulfide) groups is 1. The van der Waals surface area contributed by atoms with Gasteiger partial charge in [-0.25, -0.2) is 4.68 Å². The van der Waals surface area contributed by atoms with E-state index in [0.717, 1.165) is 30.5 Å². The lowest BCUT2D eigenvalue weighted by Crippen LogP contribution is -2.37. The lowest BCUT2D eigenvalue weighted by Gasteiger charge is -2.11. The van der Waals surface area contributed by atoms with Crippen molar-refractivity contribution in [3.8, 4) is 5.69 Å². The van der Waals surface area contributed by atoms with Gasteiger partial charge in [0, 0.05) is 38.3 Å². The molecule has 112 valence electrons. The number of aromatic nitrogens is 2. The summed E-state index contributed by atoms with van der Waals surface area (Å²) in [5.41, 5.74) is 2.27. The van der Waals surface area contributed by atoms with Crippen LogP contribution in [0.3, 0.4) is 0 Å². The Balaban J connectivity index is 1.85. The summed E-state index contributed by atoms with van der Waals surface area (Å²) in [5, 5.41) is 10.8. The fraction of sp³-hybridized carbons (Fsp3) is 0.333. The van der Waals surface area contributed by atoms with Crippen molar-refractivity contribution >= 4 is 17.7 Å². The molecule has 0 bridgehead atoms. The van der Waals surface area contributed by atoms with Crippen LogP contribution in [0.1, 0.15) is 5.56 Å². The highest BCUT2D eigenvalue weighted by Crippen LogP contribution is 2.08. The molecule has 2 N–H and O–H groups in total. The van der Waals surface area contributed by atoms with Gasteiger partial charge in [-0.05, 0) is 30.0 Å². The predicted octanol–water partition coefficient (Wildman–Crippen LogP) is 1.90. The van der Waals surface area contributed by atoms with Gasteiger partial charge >= 0.3 is 0 Å². The van der Waals surface area contributed by atoms with E-state index in [1.165, 1.54) is 5.56 Å². The van der Waals surface area contributed by atoms with Crippen molar-refractivity contribution < 1.29 is 0 Å². The summed E-state index contributed by atoms with van der Waals surface area (Å²) in [6.45, 7) is 1.66. The summed E-state index contributed by atoms with van der Waals surface area (Å²) in [5.74, 6) is 1.90. The zero-order chi connectivity index (χ0) is 14.9. The Kier molecular flexibility index (Phi) is 6.15. The molecule has 0 saturated heterocycles. The summed E-state index contributed by atoms with van der Waals surface area (Å²) >= 11 is 1.82. The van der Waals surface area contributed by atoms with Crippen molar-refractivity contribution in [1.82, 2.24) is 20.4 Å². The molecule has 0 aliphatic heterocycles. The summed E-state index contributed by atoms with van der Waals surface area (Å²) in [6.07, 6.45) is 5.81. The highest BCUT2D eigenvalue weighted by molar-refractivity contribution is 7.98. The van der Waals surface area contributed by atoms with Crippen molar-refractivity contribution in [2.75, 3.05) is 25.6 Å². The zero-order valence-electron chi connectivity index (χ0n) is 12.4. The van der Waals surface area contributed by atoms with E-state index < -0.39 is 0 Å². The molecule has 0 unspecified atom stereocenters. The van der Waals surface area contributed by atoms with Crippen LogP contribution in [0, 0.1) is 0 Å².